The highest BCUT2D eigenvalue weighted by Gasteiger charge is 2.37. The summed E-state index contributed by atoms with van der Waals surface area (Å²) in [7, 11) is 0. The van der Waals surface area contributed by atoms with Crippen molar-refractivity contribution in [2.75, 3.05) is 19.6 Å². The second kappa shape index (κ2) is 10.4. The molecule has 148 valence electrons. The van der Waals surface area contributed by atoms with Crippen molar-refractivity contribution >= 4 is 11.9 Å². The van der Waals surface area contributed by atoms with E-state index in [2.05, 4.69) is 72.5 Å². The monoisotopic (exact) mass is 381 g/mol. The number of likely N-dealkylation sites (tertiary alicyclic amines) is 1. The predicted octanol–water partition coefficient (Wildman–Crippen LogP) is 3.80. The lowest BCUT2D eigenvalue weighted by Crippen LogP contribution is -2.43. The molecule has 0 aliphatic carbocycles. The normalized spacial score (nSPS) is 16.2. The summed E-state index contributed by atoms with van der Waals surface area (Å²) in [6.07, 6.45) is 3.55. The minimum Gasteiger partial charge on any atom is -0.478 e. The van der Waals surface area contributed by atoms with Gasteiger partial charge >= 0.3 is 11.9 Å². The van der Waals surface area contributed by atoms with Gasteiger partial charge in [0.05, 0.1) is 0 Å². The van der Waals surface area contributed by atoms with Gasteiger partial charge in [-0.3, -0.25) is 0 Å². The summed E-state index contributed by atoms with van der Waals surface area (Å²) in [5.74, 6) is -2.51. The van der Waals surface area contributed by atoms with Crippen LogP contribution < -0.4 is 0 Å². The average molecular weight is 381 g/mol. The van der Waals surface area contributed by atoms with Gasteiger partial charge in [-0.1, -0.05) is 67.6 Å². The Hall–Kier alpha value is -2.92. The maximum atomic E-state index is 9.55. The highest BCUT2D eigenvalue weighted by molar-refractivity contribution is 5.89. The zero-order chi connectivity index (χ0) is 20.4. The predicted molar refractivity (Wildman–Crippen MR) is 109 cm³/mol. The van der Waals surface area contributed by atoms with Crippen LogP contribution in [-0.4, -0.2) is 46.7 Å². The third kappa shape index (κ3) is 5.79. The zero-order valence-corrected chi connectivity index (χ0v) is 16.1. The summed E-state index contributed by atoms with van der Waals surface area (Å²) >= 11 is 0. The Kier molecular flexibility index (Phi) is 7.96. The number of carbonyl (C=O) groups is 2. The molecule has 0 spiro atoms. The summed E-state index contributed by atoms with van der Waals surface area (Å²) in [5, 5.41) is 15.6. The molecule has 2 N–H and O–H groups in total. The van der Waals surface area contributed by atoms with E-state index >= 15 is 0 Å². The number of hydrogen-bond acceptors (Lipinski definition) is 3. The van der Waals surface area contributed by atoms with E-state index in [-0.39, 0.29) is 5.41 Å². The molecule has 0 radical (unpaired) electrons. The van der Waals surface area contributed by atoms with Gasteiger partial charge < -0.3 is 15.1 Å². The third-order valence-electron chi connectivity index (χ3n) is 5.18. The van der Waals surface area contributed by atoms with Gasteiger partial charge in [0.25, 0.3) is 0 Å². The Morgan fingerprint density at radius 2 is 1.25 bits per heavy atom. The molecule has 0 atom stereocenters. The first-order valence-corrected chi connectivity index (χ1v) is 9.45. The minimum atomic E-state index is -1.26. The fraction of sp³-hybridized carbons (Fsp3) is 0.304. The maximum absolute atomic E-state index is 9.55. The van der Waals surface area contributed by atoms with E-state index in [9.17, 15) is 9.59 Å². The van der Waals surface area contributed by atoms with Crippen LogP contribution in [0.1, 0.15) is 30.9 Å². The number of aliphatic carboxylic acids is 2. The fourth-order valence-corrected chi connectivity index (χ4v) is 3.65. The van der Waals surface area contributed by atoms with Crippen molar-refractivity contribution in [2.45, 2.75) is 25.2 Å². The molecule has 1 aliphatic rings. The number of nitrogens with zero attached hydrogens (tertiary/aromatic N) is 1. The van der Waals surface area contributed by atoms with E-state index in [1.807, 2.05) is 0 Å². The van der Waals surface area contributed by atoms with Crippen molar-refractivity contribution < 1.29 is 19.8 Å². The topological polar surface area (TPSA) is 77.8 Å². The van der Waals surface area contributed by atoms with Gasteiger partial charge in [0.15, 0.2) is 0 Å². The second-order valence-corrected chi connectivity index (χ2v) is 6.76. The zero-order valence-electron chi connectivity index (χ0n) is 16.1. The lowest BCUT2D eigenvalue weighted by Gasteiger charge is -2.42. The first kappa shape index (κ1) is 21.4. The van der Waals surface area contributed by atoms with E-state index in [4.69, 9.17) is 10.2 Å². The maximum Gasteiger partial charge on any atom is 0.328 e. The van der Waals surface area contributed by atoms with Crippen molar-refractivity contribution in [1.82, 2.24) is 4.90 Å². The number of hydrogen-bond donors (Lipinski definition) is 2. The average Bonchev–Trinajstić information content (AvgIpc) is 2.74. The Bertz CT molecular complexity index is 721. The molecule has 1 fully saturated rings. The van der Waals surface area contributed by atoms with Crippen LogP contribution >= 0.6 is 0 Å². The SMILES string of the molecule is CCN1CCC(c2ccccc2)(c2ccccc2)CC1.O=C(O)/C=C\C(=O)O. The smallest absolute Gasteiger partial charge is 0.328 e. The molecule has 2 aromatic carbocycles. The van der Waals surface area contributed by atoms with Crippen molar-refractivity contribution in [2.24, 2.45) is 0 Å². The van der Waals surface area contributed by atoms with E-state index < -0.39 is 11.9 Å². The minimum absolute atomic E-state index is 0.203. The Balaban J connectivity index is 0.000000300. The molecule has 1 saturated heterocycles. The number of carboxylic acids is 2. The molecule has 0 aromatic heterocycles. The summed E-state index contributed by atoms with van der Waals surface area (Å²) in [5.41, 5.74) is 3.15. The van der Waals surface area contributed by atoms with Gasteiger partial charge in [-0.25, -0.2) is 9.59 Å². The summed E-state index contributed by atoms with van der Waals surface area (Å²) in [4.78, 5) is 21.7. The highest BCUT2D eigenvalue weighted by Crippen LogP contribution is 2.41. The van der Waals surface area contributed by atoms with Crippen LogP contribution in [0.3, 0.4) is 0 Å². The van der Waals surface area contributed by atoms with Gasteiger partial charge in [0, 0.05) is 17.6 Å². The Morgan fingerprint density at radius 1 is 0.857 bits per heavy atom. The number of benzene rings is 2. The van der Waals surface area contributed by atoms with Crippen molar-refractivity contribution in [1.29, 1.82) is 0 Å². The summed E-state index contributed by atoms with van der Waals surface area (Å²) < 4.78 is 0. The van der Waals surface area contributed by atoms with Gasteiger partial charge in [-0.05, 0) is 43.6 Å². The Morgan fingerprint density at radius 3 is 1.57 bits per heavy atom. The molecular weight excluding hydrogens is 354 g/mol. The third-order valence-corrected chi connectivity index (χ3v) is 5.18. The number of piperidine rings is 1. The molecule has 2 aromatic rings. The van der Waals surface area contributed by atoms with Crippen LogP contribution in [0.2, 0.25) is 0 Å². The fourth-order valence-electron chi connectivity index (χ4n) is 3.65. The molecular formula is C23H27NO4. The van der Waals surface area contributed by atoms with E-state index in [0.717, 1.165) is 0 Å². The summed E-state index contributed by atoms with van der Waals surface area (Å²) in [6.45, 7) is 5.82. The van der Waals surface area contributed by atoms with Gasteiger partial charge in [-0.15, -0.1) is 0 Å². The molecule has 1 heterocycles. The van der Waals surface area contributed by atoms with Crippen molar-refractivity contribution in [3.8, 4) is 0 Å². The molecule has 1 aliphatic heterocycles. The van der Waals surface area contributed by atoms with Crippen LogP contribution in [0.25, 0.3) is 0 Å². The van der Waals surface area contributed by atoms with Gasteiger partial charge in [0.1, 0.15) is 0 Å². The van der Waals surface area contributed by atoms with Crippen LogP contribution in [0.15, 0.2) is 72.8 Å². The van der Waals surface area contributed by atoms with Crippen molar-refractivity contribution in [3.63, 3.8) is 0 Å². The molecule has 0 saturated carbocycles. The number of carboxylic acid groups (broad SMARTS) is 2. The largest absolute Gasteiger partial charge is 0.478 e. The first-order valence-electron chi connectivity index (χ1n) is 9.45. The first-order chi connectivity index (χ1) is 13.5. The number of rotatable bonds is 5. The lowest BCUT2D eigenvalue weighted by atomic mass is 9.68. The van der Waals surface area contributed by atoms with Crippen LogP contribution in [-0.2, 0) is 15.0 Å². The van der Waals surface area contributed by atoms with E-state index in [1.54, 1.807) is 0 Å². The Labute approximate surface area is 165 Å². The van der Waals surface area contributed by atoms with E-state index in [1.165, 1.54) is 43.6 Å². The lowest BCUT2D eigenvalue weighted by molar-refractivity contribution is -0.134. The molecule has 5 nitrogen and oxygen atoms in total. The second-order valence-electron chi connectivity index (χ2n) is 6.76. The molecule has 0 unspecified atom stereocenters. The van der Waals surface area contributed by atoms with Crippen LogP contribution in [0, 0.1) is 0 Å². The van der Waals surface area contributed by atoms with Gasteiger partial charge in [-0.2, -0.15) is 0 Å². The molecule has 3 rings (SSSR count). The standard InChI is InChI=1S/C19H23N.C4H4O4/c1-2-20-15-13-19(14-16-20,17-9-5-3-6-10-17)18-11-7-4-8-12-18;5-3(6)1-2-4(7)8/h3-12H,2,13-16H2,1H3;1-2H,(H,5,6)(H,7,8)/b;2-1-. The molecule has 5 heteroatoms. The van der Waals surface area contributed by atoms with E-state index in [0.29, 0.717) is 12.2 Å². The quantitative estimate of drug-likeness (QED) is 0.771. The molecule has 28 heavy (non-hydrogen) atoms. The van der Waals surface area contributed by atoms with Gasteiger partial charge in [0.2, 0.25) is 0 Å². The molecule has 0 amide bonds. The van der Waals surface area contributed by atoms with Crippen LogP contribution in [0.5, 0.6) is 0 Å². The van der Waals surface area contributed by atoms with Crippen molar-refractivity contribution in [3.05, 3.63) is 83.9 Å². The summed E-state index contributed by atoms with van der Waals surface area (Å²) in [6, 6.07) is 22.1. The molecule has 0 bridgehead atoms. The van der Waals surface area contributed by atoms with Crippen LogP contribution in [0.4, 0.5) is 0 Å². The highest BCUT2D eigenvalue weighted by atomic mass is 16.4.